The number of amides is 2. The Morgan fingerprint density at radius 1 is 1.04 bits per heavy atom. The fraction of sp³-hybridized carbons (Fsp3) is 0.556. The summed E-state index contributed by atoms with van der Waals surface area (Å²) in [6.45, 7) is 3.09. The Labute approximate surface area is 137 Å². The van der Waals surface area contributed by atoms with E-state index in [4.69, 9.17) is 0 Å². The largest absolute Gasteiger partial charge is 0.346 e. The summed E-state index contributed by atoms with van der Waals surface area (Å²) < 4.78 is 0. The summed E-state index contributed by atoms with van der Waals surface area (Å²) in [6.07, 6.45) is 4.35. The van der Waals surface area contributed by atoms with E-state index in [1.54, 1.807) is 0 Å². The lowest BCUT2D eigenvalue weighted by molar-refractivity contribution is -0.132. The van der Waals surface area contributed by atoms with Crippen molar-refractivity contribution < 1.29 is 9.59 Å². The summed E-state index contributed by atoms with van der Waals surface area (Å²) >= 11 is 0. The molecule has 0 aromatic heterocycles. The van der Waals surface area contributed by atoms with Crippen LogP contribution in [0.25, 0.3) is 0 Å². The number of carbonyl (C=O) groups excluding carboxylic acids is 2. The predicted octanol–water partition coefficient (Wildman–Crippen LogP) is 1.56. The Morgan fingerprint density at radius 2 is 1.78 bits per heavy atom. The Kier molecular flexibility index (Phi) is 5.28. The molecule has 2 amide bonds. The summed E-state index contributed by atoms with van der Waals surface area (Å²) in [5.74, 6) is -0.0164. The van der Waals surface area contributed by atoms with E-state index in [0.717, 1.165) is 45.3 Å². The summed E-state index contributed by atoms with van der Waals surface area (Å²) in [6, 6.07) is 10.7. The van der Waals surface area contributed by atoms with Crippen LogP contribution in [0.5, 0.6) is 0 Å². The first-order chi connectivity index (χ1) is 11.2. The van der Waals surface area contributed by atoms with Gasteiger partial charge >= 0.3 is 0 Å². The van der Waals surface area contributed by atoms with E-state index in [2.05, 4.69) is 22.3 Å². The van der Waals surface area contributed by atoms with Gasteiger partial charge in [0, 0.05) is 19.1 Å². The van der Waals surface area contributed by atoms with Gasteiger partial charge in [0.2, 0.25) is 11.8 Å². The van der Waals surface area contributed by atoms with E-state index in [0.29, 0.717) is 12.6 Å². The molecule has 0 radical (unpaired) electrons. The SMILES string of the molecule is O=C(CN1CCCC1c1ccccc1)NCC(=O)N1CCCC1. The van der Waals surface area contributed by atoms with Gasteiger partial charge in [0.05, 0.1) is 13.1 Å². The van der Waals surface area contributed by atoms with E-state index < -0.39 is 0 Å². The molecular formula is C18H25N3O2. The van der Waals surface area contributed by atoms with E-state index in [9.17, 15) is 9.59 Å². The zero-order valence-corrected chi connectivity index (χ0v) is 13.5. The smallest absolute Gasteiger partial charge is 0.241 e. The summed E-state index contributed by atoms with van der Waals surface area (Å²) in [5, 5.41) is 2.79. The summed E-state index contributed by atoms with van der Waals surface area (Å²) in [7, 11) is 0. The van der Waals surface area contributed by atoms with Gasteiger partial charge in [-0.2, -0.15) is 0 Å². The van der Waals surface area contributed by atoms with Crippen molar-refractivity contribution in [2.75, 3.05) is 32.7 Å². The van der Waals surface area contributed by atoms with E-state index in [-0.39, 0.29) is 18.4 Å². The number of hydrogen-bond acceptors (Lipinski definition) is 3. The third-order valence-electron chi connectivity index (χ3n) is 4.79. The third-order valence-corrected chi connectivity index (χ3v) is 4.79. The lowest BCUT2D eigenvalue weighted by atomic mass is 10.0. The monoisotopic (exact) mass is 315 g/mol. The van der Waals surface area contributed by atoms with Gasteiger partial charge < -0.3 is 10.2 Å². The molecule has 3 rings (SSSR count). The second-order valence-corrected chi connectivity index (χ2v) is 6.40. The molecular weight excluding hydrogens is 290 g/mol. The molecule has 0 spiro atoms. The summed E-state index contributed by atoms with van der Waals surface area (Å²) in [4.78, 5) is 28.2. The van der Waals surface area contributed by atoms with Crippen LogP contribution < -0.4 is 5.32 Å². The Morgan fingerprint density at radius 3 is 2.52 bits per heavy atom. The first-order valence-electron chi connectivity index (χ1n) is 8.57. The van der Waals surface area contributed by atoms with Crippen molar-refractivity contribution in [3.05, 3.63) is 35.9 Å². The number of rotatable bonds is 5. The number of hydrogen-bond donors (Lipinski definition) is 1. The molecule has 0 aliphatic carbocycles. The first kappa shape index (κ1) is 16.0. The van der Waals surface area contributed by atoms with Gasteiger partial charge in [-0.25, -0.2) is 0 Å². The maximum atomic E-state index is 12.2. The molecule has 2 saturated heterocycles. The molecule has 1 N–H and O–H groups in total. The lowest BCUT2D eigenvalue weighted by Gasteiger charge is -2.24. The van der Waals surface area contributed by atoms with Crippen molar-refractivity contribution in [3.8, 4) is 0 Å². The normalized spacial score (nSPS) is 21.6. The van der Waals surface area contributed by atoms with Crippen LogP contribution in [0, 0.1) is 0 Å². The Bertz CT molecular complexity index is 540. The number of nitrogens with one attached hydrogen (secondary N) is 1. The Hall–Kier alpha value is -1.88. The molecule has 1 unspecified atom stereocenters. The minimum absolute atomic E-state index is 0.0388. The van der Waals surface area contributed by atoms with Gasteiger partial charge in [0.1, 0.15) is 0 Å². The van der Waals surface area contributed by atoms with Crippen LogP contribution in [-0.4, -0.2) is 54.3 Å². The second kappa shape index (κ2) is 7.59. The van der Waals surface area contributed by atoms with Gasteiger partial charge in [-0.1, -0.05) is 30.3 Å². The van der Waals surface area contributed by atoms with Crippen molar-refractivity contribution in [2.45, 2.75) is 31.7 Å². The van der Waals surface area contributed by atoms with Crippen molar-refractivity contribution in [1.82, 2.24) is 15.1 Å². The van der Waals surface area contributed by atoms with Crippen LogP contribution in [0.15, 0.2) is 30.3 Å². The zero-order chi connectivity index (χ0) is 16.1. The quantitative estimate of drug-likeness (QED) is 0.897. The number of benzene rings is 1. The minimum atomic E-state index is -0.0552. The molecule has 5 nitrogen and oxygen atoms in total. The second-order valence-electron chi connectivity index (χ2n) is 6.40. The molecule has 2 fully saturated rings. The molecule has 1 aromatic rings. The zero-order valence-electron chi connectivity index (χ0n) is 13.5. The van der Waals surface area contributed by atoms with Crippen LogP contribution >= 0.6 is 0 Å². The lowest BCUT2D eigenvalue weighted by Crippen LogP contribution is -2.42. The minimum Gasteiger partial charge on any atom is -0.346 e. The highest BCUT2D eigenvalue weighted by Gasteiger charge is 2.27. The van der Waals surface area contributed by atoms with Crippen LogP contribution in [0.2, 0.25) is 0 Å². The topological polar surface area (TPSA) is 52.7 Å². The highest BCUT2D eigenvalue weighted by molar-refractivity contribution is 5.85. The van der Waals surface area contributed by atoms with Gasteiger partial charge in [-0.3, -0.25) is 14.5 Å². The van der Waals surface area contributed by atoms with Gasteiger partial charge in [0.15, 0.2) is 0 Å². The highest BCUT2D eigenvalue weighted by Crippen LogP contribution is 2.31. The standard InChI is InChI=1S/C18H25N3O2/c22-17(19-13-18(23)20-10-4-5-11-20)14-21-12-6-9-16(21)15-7-2-1-3-8-15/h1-3,7-8,16H,4-6,9-14H2,(H,19,22). The molecule has 124 valence electrons. The van der Waals surface area contributed by atoms with Gasteiger partial charge in [0.25, 0.3) is 0 Å². The average Bonchev–Trinajstić information content (AvgIpc) is 3.25. The number of likely N-dealkylation sites (tertiary alicyclic amines) is 2. The van der Waals surface area contributed by atoms with Gasteiger partial charge in [-0.05, 0) is 37.8 Å². The first-order valence-corrected chi connectivity index (χ1v) is 8.57. The fourth-order valence-electron chi connectivity index (χ4n) is 3.56. The molecule has 5 heteroatoms. The van der Waals surface area contributed by atoms with Crippen LogP contribution in [0.4, 0.5) is 0 Å². The average molecular weight is 315 g/mol. The third kappa shape index (κ3) is 4.10. The molecule has 23 heavy (non-hydrogen) atoms. The maximum Gasteiger partial charge on any atom is 0.241 e. The van der Waals surface area contributed by atoms with E-state index in [1.807, 2.05) is 23.1 Å². The molecule has 2 aliphatic heterocycles. The van der Waals surface area contributed by atoms with Crippen molar-refractivity contribution in [2.24, 2.45) is 0 Å². The molecule has 0 bridgehead atoms. The summed E-state index contributed by atoms with van der Waals surface area (Å²) in [5.41, 5.74) is 1.27. The maximum absolute atomic E-state index is 12.2. The number of nitrogens with zero attached hydrogens (tertiary/aromatic N) is 2. The van der Waals surface area contributed by atoms with Crippen LogP contribution in [0.3, 0.4) is 0 Å². The molecule has 0 saturated carbocycles. The van der Waals surface area contributed by atoms with Crippen molar-refractivity contribution in [1.29, 1.82) is 0 Å². The van der Waals surface area contributed by atoms with Crippen molar-refractivity contribution in [3.63, 3.8) is 0 Å². The van der Waals surface area contributed by atoms with E-state index >= 15 is 0 Å². The number of carbonyl (C=O) groups is 2. The van der Waals surface area contributed by atoms with Crippen molar-refractivity contribution >= 4 is 11.8 Å². The molecule has 1 atom stereocenters. The molecule has 2 heterocycles. The predicted molar refractivity (Wildman–Crippen MR) is 88.8 cm³/mol. The Balaban J connectivity index is 1.48. The molecule has 2 aliphatic rings. The van der Waals surface area contributed by atoms with Gasteiger partial charge in [-0.15, -0.1) is 0 Å². The molecule has 1 aromatic carbocycles. The van der Waals surface area contributed by atoms with Crippen LogP contribution in [-0.2, 0) is 9.59 Å². The highest BCUT2D eigenvalue weighted by atomic mass is 16.2. The van der Waals surface area contributed by atoms with E-state index in [1.165, 1.54) is 5.56 Å². The van der Waals surface area contributed by atoms with Crippen LogP contribution in [0.1, 0.15) is 37.3 Å². The fourth-order valence-corrected chi connectivity index (χ4v) is 3.56.